The summed E-state index contributed by atoms with van der Waals surface area (Å²) < 4.78 is 6.89. The molecule has 2 heterocycles. The lowest BCUT2D eigenvalue weighted by atomic mass is 9.96. The van der Waals surface area contributed by atoms with E-state index in [9.17, 15) is 4.79 Å². The third kappa shape index (κ3) is 1.74. The fourth-order valence-electron chi connectivity index (χ4n) is 2.67. The number of hydrogen-bond donors (Lipinski definition) is 1. The van der Waals surface area contributed by atoms with Crippen molar-refractivity contribution in [1.29, 1.82) is 0 Å². The molecule has 1 aliphatic heterocycles. The molecule has 17 heavy (non-hydrogen) atoms. The largest absolute Gasteiger partial charge is 0.468 e. The second-order valence-corrected chi connectivity index (χ2v) is 4.95. The van der Waals surface area contributed by atoms with Gasteiger partial charge in [0.15, 0.2) is 0 Å². The second kappa shape index (κ2) is 3.84. The van der Waals surface area contributed by atoms with Crippen LogP contribution in [0.5, 0.6) is 0 Å². The summed E-state index contributed by atoms with van der Waals surface area (Å²) in [6.07, 6.45) is 4.93. The highest BCUT2D eigenvalue weighted by Crippen LogP contribution is 2.43. The first-order valence-corrected chi connectivity index (χ1v) is 6.04. The van der Waals surface area contributed by atoms with E-state index in [0.29, 0.717) is 12.3 Å². The maximum Gasteiger partial charge on any atom is 0.323 e. The molecule has 92 valence electrons. The molecule has 2 atom stereocenters. The van der Waals surface area contributed by atoms with E-state index in [2.05, 4.69) is 14.9 Å². The standard InChI is InChI=1S/C12H17N3O2/c1-15-6-13-8-5-9(12(16)17-2)14-10(11(8)15)7-3-4-7/h6-7,9-10,14H,3-5H2,1-2H3/t9-,10?/m1/s1. The molecular formula is C12H17N3O2. The van der Waals surface area contributed by atoms with E-state index in [1.807, 2.05) is 13.4 Å². The average molecular weight is 235 g/mol. The minimum atomic E-state index is -0.243. The number of carbonyl (C=O) groups is 1. The van der Waals surface area contributed by atoms with Crippen molar-refractivity contribution in [3.05, 3.63) is 17.7 Å². The van der Waals surface area contributed by atoms with Crippen LogP contribution in [-0.2, 0) is 23.0 Å². The van der Waals surface area contributed by atoms with Crippen LogP contribution in [0.3, 0.4) is 0 Å². The highest BCUT2D eigenvalue weighted by atomic mass is 16.5. The Morgan fingerprint density at radius 2 is 2.35 bits per heavy atom. The van der Waals surface area contributed by atoms with E-state index in [-0.39, 0.29) is 18.1 Å². The Hall–Kier alpha value is -1.36. The summed E-state index contributed by atoms with van der Waals surface area (Å²) in [5.74, 6) is 0.462. The lowest BCUT2D eigenvalue weighted by Crippen LogP contribution is -2.46. The van der Waals surface area contributed by atoms with Crippen molar-refractivity contribution in [2.24, 2.45) is 13.0 Å². The van der Waals surface area contributed by atoms with Crippen LogP contribution in [0.15, 0.2) is 6.33 Å². The first-order chi connectivity index (χ1) is 8.20. The van der Waals surface area contributed by atoms with E-state index in [1.54, 1.807) is 0 Å². The van der Waals surface area contributed by atoms with E-state index in [4.69, 9.17) is 4.74 Å². The van der Waals surface area contributed by atoms with E-state index in [1.165, 1.54) is 25.6 Å². The van der Waals surface area contributed by atoms with Gasteiger partial charge in [-0.05, 0) is 18.8 Å². The highest BCUT2D eigenvalue weighted by molar-refractivity contribution is 5.76. The van der Waals surface area contributed by atoms with Crippen LogP contribution in [0.1, 0.15) is 30.3 Å². The van der Waals surface area contributed by atoms with Gasteiger partial charge in [0.05, 0.1) is 30.9 Å². The molecule has 1 aromatic rings. The van der Waals surface area contributed by atoms with Crippen molar-refractivity contribution in [2.75, 3.05) is 7.11 Å². The van der Waals surface area contributed by atoms with Gasteiger partial charge in [0.1, 0.15) is 6.04 Å². The number of nitrogens with zero attached hydrogens (tertiary/aromatic N) is 2. The Morgan fingerprint density at radius 1 is 1.59 bits per heavy atom. The third-order valence-electron chi connectivity index (χ3n) is 3.71. The van der Waals surface area contributed by atoms with E-state index in [0.717, 1.165) is 5.69 Å². The smallest absolute Gasteiger partial charge is 0.323 e. The molecule has 1 aromatic heterocycles. The van der Waals surface area contributed by atoms with Crippen LogP contribution in [0, 0.1) is 5.92 Å². The number of esters is 1. The van der Waals surface area contributed by atoms with Crippen LogP contribution < -0.4 is 5.32 Å². The van der Waals surface area contributed by atoms with Crippen molar-refractivity contribution in [3.63, 3.8) is 0 Å². The molecular weight excluding hydrogens is 218 g/mol. The van der Waals surface area contributed by atoms with Crippen LogP contribution in [0.4, 0.5) is 0 Å². The maximum absolute atomic E-state index is 11.7. The molecule has 0 spiro atoms. The topological polar surface area (TPSA) is 56.1 Å². The molecule has 0 aromatic carbocycles. The number of nitrogens with one attached hydrogen (secondary N) is 1. The number of ether oxygens (including phenoxy) is 1. The number of aryl methyl sites for hydroxylation is 1. The molecule has 1 fully saturated rings. The van der Waals surface area contributed by atoms with E-state index >= 15 is 0 Å². The number of imidazole rings is 1. The van der Waals surface area contributed by atoms with Crippen LogP contribution in [-0.4, -0.2) is 28.7 Å². The molecule has 1 aliphatic carbocycles. The molecule has 0 bridgehead atoms. The van der Waals surface area contributed by atoms with Crippen LogP contribution >= 0.6 is 0 Å². The summed E-state index contributed by atoms with van der Waals surface area (Å²) in [4.78, 5) is 16.1. The predicted octanol–water partition coefficient (Wildman–Crippen LogP) is 0.558. The Bertz CT molecular complexity index is 451. The summed E-state index contributed by atoms with van der Waals surface area (Å²) in [6, 6.07) is 0.0170. The van der Waals surface area contributed by atoms with Gasteiger partial charge in [-0.3, -0.25) is 10.1 Å². The Balaban J connectivity index is 1.93. The van der Waals surface area contributed by atoms with Crippen molar-refractivity contribution in [1.82, 2.24) is 14.9 Å². The minimum Gasteiger partial charge on any atom is -0.468 e. The Morgan fingerprint density at radius 3 is 3.00 bits per heavy atom. The molecule has 0 radical (unpaired) electrons. The van der Waals surface area contributed by atoms with Gasteiger partial charge in [0, 0.05) is 13.5 Å². The molecule has 0 saturated heterocycles. The SMILES string of the molecule is COC(=O)[C@H]1Cc2ncn(C)c2C(C2CC2)N1. The highest BCUT2D eigenvalue weighted by Gasteiger charge is 2.41. The number of carbonyl (C=O) groups excluding carboxylic acids is 1. The minimum absolute atomic E-state index is 0.188. The number of methoxy groups -OCH3 is 1. The number of fused-ring (bicyclic) bond motifs is 1. The van der Waals surface area contributed by atoms with Crippen molar-refractivity contribution in [2.45, 2.75) is 31.3 Å². The maximum atomic E-state index is 11.7. The van der Waals surface area contributed by atoms with Crippen LogP contribution in [0.25, 0.3) is 0 Å². The molecule has 5 heteroatoms. The van der Waals surface area contributed by atoms with Gasteiger partial charge in [0.25, 0.3) is 0 Å². The molecule has 1 N–H and O–H groups in total. The summed E-state index contributed by atoms with van der Waals surface area (Å²) in [6.45, 7) is 0. The molecule has 1 unspecified atom stereocenters. The predicted molar refractivity (Wildman–Crippen MR) is 61.3 cm³/mol. The first kappa shape index (κ1) is 10.8. The molecule has 2 aliphatic rings. The molecule has 5 nitrogen and oxygen atoms in total. The Labute approximate surface area is 100 Å². The Kier molecular flexibility index (Phi) is 2.43. The van der Waals surface area contributed by atoms with E-state index < -0.39 is 0 Å². The fraction of sp³-hybridized carbons (Fsp3) is 0.667. The quantitative estimate of drug-likeness (QED) is 0.761. The first-order valence-electron chi connectivity index (χ1n) is 6.04. The zero-order valence-electron chi connectivity index (χ0n) is 10.1. The van der Waals surface area contributed by atoms with Crippen molar-refractivity contribution < 1.29 is 9.53 Å². The lowest BCUT2D eigenvalue weighted by molar-refractivity contribution is -0.143. The monoisotopic (exact) mass is 235 g/mol. The second-order valence-electron chi connectivity index (χ2n) is 4.95. The zero-order chi connectivity index (χ0) is 12.0. The summed E-state index contributed by atoms with van der Waals surface area (Å²) >= 11 is 0. The van der Waals surface area contributed by atoms with Gasteiger partial charge >= 0.3 is 5.97 Å². The number of hydrogen-bond acceptors (Lipinski definition) is 4. The van der Waals surface area contributed by atoms with Gasteiger partial charge in [0.2, 0.25) is 0 Å². The third-order valence-corrected chi connectivity index (χ3v) is 3.71. The van der Waals surface area contributed by atoms with Gasteiger partial charge in [-0.2, -0.15) is 0 Å². The molecule has 0 amide bonds. The summed E-state index contributed by atoms with van der Waals surface area (Å²) in [5, 5.41) is 3.41. The van der Waals surface area contributed by atoms with Gasteiger partial charge in [-0.25, -0.2) is 4.98 Å². The normalized spacial score (nSPS) is 27.6. The average Bonchev–Trinajstić information content (AvgIpc) is 3.12. The number of aromatic nitrogens is 2. The summed E-state index contributed by atoms with van der Waals surface area (Å²) in [7, 11) is 3.45. The van der Waals surface area contributed by atoms with Crippen LogP contribution in [0.2, 0.25) is 0 Å². The van der Waals surface area contributed by atoms with Gasteiger partial charge in [-0.1, -0.05) is 0 Å². The van der Waals surface area contributed by atoms with Crippen molar-refractivity contribution in [3.8, 4) is 0 Å². The zero-order valence-corrected chi connectivity index (χ0v) is 10.1. The molecule has 1 saturated carbocycles. The lowest BCUT2D eigenvalue weighted by Gasteiger charge is -2.30. The summed E-state index contributed by atoms with van der Waals surface area (Å²) in [5.41, 5.74) is 2.28. The molecule has 3 rings (SSSR count). The van der Waals surface area contributed by atoms with Gasteiger partial charge < -0.3 is 9.30 Å². The van der Waals surface area contributed by atoms with Gasteiger partial charge in [-0.15, -0.1) is 0 Å². The number of rotatable bonds is 2. The fourth-order valence-corrected chi connectivity index (χ4v) is 2.67. The van der Waals surface area contributed by atoms with Crippen molar-refractivity contribution >= 4 is 5.97 Å².